The van der Waals surface area contributed by atoms with Crippen molar-refractivity contribution in [2.45, 2.75) is 26.4 Å². The van der Waals surface area contributed by atoms with Crippen LogP contribution in [0.4, 0.5) is 0 Å². The SMILES string of the molecule is CCOC(C)CNC(=O)Cc1ccc(/C(N)=N/O)cc1. The van der Waals surface area contributed by atoms with E-state index >= 15 is 0 Å². The number of nitrogens with one attached hydrogen (secondary N) is 1. The number of hydrogen-bond acceptors (Lipinski definition) is 4. The summed E-state index contributed by atoms with van der Waals surface area (Å²) in [5.74, 6) is -0.0142. The zero-order valence-corrected chi connectivity index (χ0v) is 11.8. The third-order valence-electron chi connectivity index (χ3n) is 2.76. The van der Waals surface area contributed by atoms with E-state index in [2.05, 4.69) is 10.5 Å². The van der Waals surface area contributed by atoms with Gasteiger partial charge in [0.05, 0.1) is 12.5 Å². The Morgan fingerprint density at radius 3 is 2.65 bits per heavy atom. The van der Waals surface area contributed by atoms with Crippen LogP contribution in [0.1, 0.15) is 25.0 Å². The first kappa shape index (κ1) is 16.0. The number of hydrogen-bond donors (Lipinski definition) is 3. The van der Waals surface area contributed by atoms with Gasteiger partial charge in [-0.25, -0.2) is 0 Å². The summed E-state index contributed by atoms with van der Waals surface area (Å²) in [6, 6.07) is 6.97. The van der Waals surface area contributed by atoms with E-state index in [1.54, 1.807) is 24.3 Å². The van der Waals surface area contributed by atoms with Gasteiger partial charge in [0.25, 0.3) is 0 Å². The van der Waals surface area contributed by atoms with E-state index in [0.29, 0.717) is 18.7 Å². The number of nitrogens with zero attached hydrogens (tertiary/aromatic N) is 1. The summed E-state index contributed by atoms with van der Waals surface area (Å²) in [7, 11) is 0. The fourth-order valence-electron chi connectivity index (χ4n) is 1.70. The lowest BCUT2D eigenvalue weighted by atomic mass is 10.1. The Labute approximate surface area is 118 Å². The van der Waals surface area contributed by atoms with Gasteiger partial charge in [-0.2, -0.15) is 0 Å². The minimum absolute atomic E-state index is 0.00638. The van der Waals surface area contributed by atoms with Gasteiger partial charge in [-0.15, -0.1) is 0 Å². The van der Waals surface area contributed by atoms with Crippen LogP contribution in [-0.2, 0) is 16.0 Å². The molecule has 1 amide bonds. The van der Waals surface area contributed by atoms with Crippen LogP contribution >= 0.6 is 0 Å². The monoisotopic (exact) mass is 279 g/mol. The molecule has 0 spiro atoms. The van der Waals surface area contributed by atoms with Crippen molar-refractivity contribution in [1.29, 1.82) is 0 Å². The fraction of sp³-hybridized carbons (Fsp3) is 0.429. The average Bonchev–Trinajstić information content (AvgIpc) is 2.45. The number of amides is 1. The minimum atomic E-state index is -0.0619. The first-order valence-electron chi connectivity index (χ1n) is 6.52. The number of amidine groups is 1. The number of oxime groups is 1. The van der Waals surface area contributed by atoms with Gasteiger partial charge in [-0.05, 0) is 19.4 Å². The second kappa shape index (κ2) is 8.16. The van der Waals surface area contributed by atoms with Crippen LogP contribution in [0.5, 0.6) is 0 Å². The van der Waals surface area contributed by atoms with E-state index in [0.717, 1.165) is 5.56 Å². The molecule has 1 aromatic carbocycles. The van der Waals surface area contributed by atoms with Crippen LogP contribution in [0.25, 0.3) is 0 Å². The van der Waals surface area contributed by atoms with Crippen molar-refractivity contribution in [3.63, 3.8) is 0 Å². The largest absolute Gasteiger partial charge is 0.409 e. The molecule has 1 atom stereocenters. The number of benzene rings is 1. The Morgan fingerprint density at radius 1 is 1.45 bits per heavy atom. The standard InChI is InChI=1S/C14H21N3O3/c1-3-20-10(2)9-16-13(18)8-11-4-6-12(7-5-11)14(15)17-19/h4-7,10,19H,3,8-9H2,1-2H3,(H2,15,17)(H,16,18). The van der Waals surface area contributed by atoms with Crippen LogP contribution in [0.3, 0.4) is 0 Å². The first-order chi connectivity index (χ1) is 9.56. The lowest BCUT2D eigenvalue weighted by Gasteiger charge is -2.12. The number of rotatable bonds is 7. The van der Waals surface area contributed by atoms with Crippen molar-refractivity contribution < 1.29 is 14.7 Å². The number of carbonyl (C=O) groups is 1. The minimum Gasteiger partial charge on any atom is -0.409 e. The van der Waals surface area contributed by atoms with Crippen LogP contribution in [-0.4, -0.2) is 36.2 Å². The smallest absolute Gasteiger partial charge is 0.224 e. The molecule has 110 valence electrons. The van der Waals surface area contributed by atoms with E-state index in [4.69, 9.17) is 15.7 Å². The Hall–Kier alpha value is -2.08. The highest BCUT2D eigenvalue weighted by molar-refractivity contribution is 5.97. The van der Waals surface area contributed by atoms with Crippen molar-refractivity contribution in [1.82, 2.24) is 5.32 Å². The second-order valence-electron chi connectivity index (χ2n) is 4.43. The van der Waals surface area contributed by atoms with Crippen LogP contribution < -0.4 is 11.1 Å². The van der Waals surface area contributed by atoms with Gasteiger partial charge in [0.15, 0.2) is 5.84 Å². The Morgan fingerprint density at radius 2 is 2.10 bits per heavy atom. The van der Waals surface area contributed by atoms with Crippen LogP contribution in [0.15, 0.2) is 29.4 Å². The molecule has 6 nitrogen and oxygen atoms in total. The summed E-state index contributed by atoms with van der Waals surface area (Å²) in [5.41, 5.74) is 6.94. The van der Waals surface area contributed by atoms with Crippen molar-refractivity contribution in [3.8, 4) is 0 Å². The van der Waals surface area contributed by atoms with E-state index in [9.17, 15) is 4.79 Å². The third-order valence-corrected chi connectivity index (χ3v) is 2.76. The van der Waals surface area contributed by atoms with Gasteiger partial charge in [0.2, 0.25) is 5.91 Å². The molecule has 4 N–H and O–H groups in total. The molecule has 1 aromatic rings. The molecule has 0 fully saturated rings. The third kappa shape index (κ3) is 5.27. The highest BCUT2D eigenvalue weighted by Gasteiger charge is 2.07. The van der Waals surface area contributed by atoms with Gasteiger partial charge >= 0.3 is 0 Å². The van der Waals surface area contributed by atoms with E-state index < -0.39 is 0 Å². The average molecular weight is 279 g/mol. The molecule has 20 heavy (non-hydrogen) atoms. The molecule has 1 unspecified atom stereocenters. The van der Waals surface area contributed by atoms with Crippen molar-refractivity contribution in [2.75, 3.05) is 13.2 Å². The first-order valence-corrected chi connectivity index (χ1v) is 6.52. The maximum atomic E-state index is 11.7. The molecular weight excluding hydrogens is 258 g/mol. The normalized spacial score (nSPS) is 13.0. The van der Waals surface area contributed by atoms with E-state index in [-0.39, 0.29) is 24.3 Å². The highest BCUT2D eigenvalue weighted by Crippen LogP contribution is 2.05. The number of carbonyl (C=O) groups excluding carboxylic acids is 1. The van der Waals surface area contributed by atoms with Crippen LogP contribution in [0.2, 0.25) is 0 Å². The predicted molar refractivity (Wildman–Crippen MR) is 76.8 cm³/mol. The molecule has 0 aliphatic rings. The molecule has 0 saturated heterocycles. The predicted octanol–water partition coefficient (Wildman–Crippen LogP) is 0.865. The Kier molecular flexibility index (Phi) is 6.52. The quantitative estimate of drug-likeness (QED) is 0.298. The molecule has 0 saturated carbocycles. The van der Waals surface area contributed by atoms with Crippen LogP contribution in [0, 0.1) is 0 Å². The summed E-state index contributed by atoms with van der Waals surface area (Å²) in [6.45, 7) is 4.96. The molecule has 1 rings (SSSR count). The maximum Gasteiger partial charge on any atom is 0.224 e. The summed E-state index contributed by atoms with van der Waals surface area (Å²) < 4.78 is 5.33. The molecule has 0 heterocycles. The number of nitrogens with two attached hydrogens (primary N) is 1. The van der Waals surface area contributed by atoms with Crippen molar-refractivity contribution in [2.24, 2.45) is 10.9 Å². The van der Waals surface area contributed by atoms with Gasteiger partial charge < -0.3 is 21.0 Å². The molecule has 0 bridgehead atoms. The zero-order chi connectivity index (χ0) is 15.0. The van der Waals surface area contributed by atoms with Gasteiger partial charge in [-0.1, -0.05) is 29.4 Å². The Bertz CT molecular complexity index is 457. The summed E-state index contributed by atoms with van der Waals surface area (Å²) in [5, 5.41) is 14.3. The van der Waals surface area contributed by atoms with Gasteiger partial charge in [-0.3, -0.25) is 4.79 Å². The highest BCUT2D eigenvalue weighted by atomic mass is 16.5. The van der Waals surface area contributed by atoms with Gasteiger partial charge in [0, 0.05) is 18.7 Å². The molecule has 0 radical (unpaired) electrons. The molecule has 6 heteroatoms. The Balaban J connectivity index is 2.46. The van der Waals surface area contributed by atoms with E-state index in [1.165, 1.54) is 0 Å². The summed E-state index contributed by atoms with van der Waals surface area (Å²) in [4.78, 5) is 11.7. The fourth-order valence-corrected chi connectivity index (χ4v) is 1.70. The topological polar surface area (TPSA) is 96.9 Å². The molecular formula is C14H21N3O3. The van der Waals surface area contributed by atoms with E-state index in [1.807, 2.05) is 13.8 Å². The second-order valence-corrected chi connectivity index (χ2v) is 4.43. The lowest BCUT2D eigenvalue weighted by Crippen LogP contribution is -2.33. The summed E-state index contributed by atoms with van der Waals surface area (Å²) in [6.07, 6.45) is 0.293. The zero-order valence-electron chi connectivity index (χ0n) is 11.8. The van der Waals surface area contributed by atoms with Crippen molar-refractivity contribution >= 4 is 11.7 Å². The summed E-state index contributed by atoms with van der Waals surface area (Å²) >= 11 is 0. The maximum absolute atomic E-state index is 11.7. The lowest BCUT2D eigenvalue weighted by molar-refractivity contribution is -0.121. The molecule has 0 aliphatic carbocycles. The molecule has 0 aliphatic heterocycles. The van der Waals surface area contributed by atoms with Crippen molar-refractivity contribution in [3.05, 3.63) is 35.4 Å². The molecule has 0 aromatic heterocycles. The van der Waals surface area contributed by atoms with Gasteiger partial charge in [0.1, 0.15) is 0 Å². The number of ether oxygens (including phenoxy) is 1.